The van der Waals surface area contributed by atoms with Crippen molar-refractivity contribution in [2.24, 2.45) is 11.3 Å². The van der Waals surface area contributed by atoms with Crippen LogP contribution >= 0.6 is 0 Å². The lowest BCUT2D eigenvalue weighted by Crippen LogP contribution is -2.56. The van der Waals surface area contributed by atoms with E-state index in [2.05, 4.69) is 45.0 Å². The monoisotopic (exact) mass is 282 g/mol. The molecule has 1 saturated carbocycles. The summed E-state index contributed by atoms with van der Waals surface area (Å²) < 4.78 is 5.60. The maximum atomic E-state index is 5.60. The second kappa shape index (κ2) is 6.76. The van der Waals surface area contributed by atoms with E-state index in [1.165, 1.54) is 25.7 Å². The number of hydrogen-bond acceptors (Lipinski definition) is 3. The molecule has 2 rings (SSSR count). The maximum Gasteiger partial charge on any atom is 0.0622 e. The Hall–Kier alpha value is -0.120. The summed E-state index contributed by atoms with van der Waals surface area (Å²) in [6.07, 6.45) is 5.21. The van der Waals surface area contributed by atoms with E-state index in [0.29, 0.717) is 23.5 Å². The van der Waals surface area contributed by atoms with Crippen molar-refractivity contribution >= 4 is 0 Å². The summed E-state index contributed by atoms with van der Waals surface area (Å²) in [7, 11) is 2.32. The van der Waals surface area contributed by atoms with Gasteiger partial charge in [0.05, 0.1) is 6.61 Å². The van der Waals surface area contributed by atoms with Crippen LogP contribution in [0.15, 0.2) is 0 Å². The van der Waals surface area contributed by atoms with Crippen LogP contribution in [0.4, 0.5) is 0 Å². The van der Waals surface area contributed by atoms with Crippen LogP contribution in [0.2, 0.25) is 0 Å². The average molecular weight is 282 g/mol. The van der Waals surface area contributed by atoms with E-state index >= 15 is 0 Å². The first-order valence-corrected chi connectivity index (χ1v) is 8.46. The minimum absolute atomic E-state index is 0.433. The van der Waals surface area contributed by atoms with Crippen LogP contribution in [0.3, 0.4) is 0 Å². The smallest absolute Gasteiger partial charge is 0.0622 e. The van der Waals surface area contributed by atoms with Gasteiger partial charge in [-0.3, -0.25) is 4.90 Å². The number of rotatable bonds is 4. The quantitative estimate of drug-likeness (QED) is 0.858. The second-order valence-corrected chi connectivity index (χ2v) is 7.79. The van der Waals surface area contributed by atoms with Crippen LogP contribution in [-0.4, -0.2) is 49.8 Å². The van der Waals surface area contributed by atoms with Gasteiger partial charge < -0.3 is 10.1 Å². The van der Waals surface area contributed by atoms with Gasteiger partial charge in [0.15, 0.2) is 0 Å². The molecule has 0 spiro atoms. The summed E-state index contributed by atoms with van der Waals surface area (Å²) in [5.41, 5.74) is 0.433. The number of ether oxygens (including phenoxy) is 1. The first-order chi connectivity index (χ1) is 9.43. The minimum atomic E-state index is 0.433. The summed E-state index contributed by atoms with van der Waals surface area (Å²) in [5.74, 6) is 0.840. The first kappa shape index (κ1) is 16.3. The predicted octanol–water partition coefficient (Wildman–Crippen LogP) is 2.90. The van der Waals surface area contributed by atoms with Gasteiger partial charge in [-0.1, -0.05) is 27.7 Å². The van der Waals surface area contributed by atoms with Gasteiger partial charge in [-0.2, -0.15) is 0 Å². The SMILES string of the molecule is CCNC1CCC(C(C)(C)C)CC1N(C)C1CCOC1. The average Bonchev–Trinajstić information content (AvgIpc) is 2.91. The lowest BCUT2D eigenvalue weighted by molar-refractivity contribution is 0.0455. The summed E-state index contributed by atoms with van der Waals surface area (Å²) in [5, 5.41) is 3.73. The van der Waals surface area contributed by atoms with E-state index < -0.39 is 0 Å². The van der Waals surface area contributed by atoms with Gasteiger partial charge in [0, 0.05) is 24.7 Å². The molecule has 0 amide bonds. The third kappa shape index (κ3) is 3.75. The fourth-order valence-corrected chi connectivity index (χ4v) is 4.00. The molecule has 4 atom stereocenters. The largest absolute Gasteiger partial charge is 0.380 e. The van der Waals surface area contributed by atoms with Crippen LogP contribution in [0, 0.1) is 11.3 Å². The van der Waals surface area contributed by atoms with Gasteiger partial charge in [-0.05, 0) is 50.6 Å². The van der Waals surface area contributed by atoms with E-state index in [4.69, 9.17) is 4.74 Å². The van der Waals surface area contributed by atoms with Crippen LogP contribution < -0.4 is 5.32 Å². The van der Waals surface area contributed by atoms with E-state index in [9.17, 15) is 0 Å². The van der Waals surface area contributed by atoms with Crippen molar-refractivity contribution in [3.05, 3.63) is 0 Å². The van der Waals surface area contributed by atoms with Crippen molar-refractivity contribution in [1.29, 1.82) is 0 Å². The molecule has 3 nitrogen and oxygen atoms in total. The predicted molar refractivity (Wildman–Crippen MR) is 85.0 cm³/mol. The zero-order chi connectivity index (χ0) is 14.8. The summed E-state index contributed by atoms with van der Waals surface area (Å²) in [4.78, 5) is 2.62. The Morgan fingerprint density at radius 1 is 1.20 bits per heavy atom. The van der Waals surface area contributed by atoms with Gasteiger partial charge >= 0.3 is 0 Å². The van der Waals surface area contributed by atoms with Crippen molar-refractivity contribution in [2.45, 2.75) is 71.5 Å². The molecule has 1 heterocycles. The molecular weight excluding hydrogens is 248 g/mol. The molecular formula is C17H34N2O. The van der Waals surface area contributed by atoms with Gasteiger partial charge in [0.2, 0.25) is 0 Å². The lowest BCUT2D eigenvalue weighted by atomic mass is 9.69. The van der Waals surface area contributed by atoms with Crippen LogP contribution in [0.5, 0.6) is 0 Å². The second-order valence-electron chi connectivity index (χ2n) is 7.79. The van der Waals surface area contributed by atoms with Crippen molar-refractivity contribution in [2.75, 3.05) is 26.8 Å². The number of nitrogens with one attached hydrogen (secondary N) is 1. The van der Waals surface area contributed by atoms with Crippen molar-refractivity contribution in [3.8, 4) is 0 Å². The van der Waals surface area contributed by atoms with Crippen molar-refractivity contribution in [1.82, 2.24) is 10.2 Å². The molecule has 4 unspecified atom stereocenters. The zero-order valence-corrected chi connectivity index (χ0v) is 14.1. The van der Waals surface area contributed by atoms with Crippen LogP contribution in [0.25, 0.3) is 0 Å². The van der Waals surface area contributed by atoms with E-state index in [1.807, 2.05) is 0 Å². The first-order valence-electron chi connectivity index (χ1n) is 8.46. The van der Waals surface area contributed by atoms with Crippen LogP contribution in [0.1, 0.15) is 53.4 Å². The topological polar surface area (TPSA) is 24.5 Å². The van der Waals surface area contributed by atoms with Crippen LogP contribution in [-0.2, 0) is 4.74 Å². The Balaban J connectivity index is 2.05. The fraction of sp³-hybridized carbons (Fsp3) is 1.00. The highest BCUT2D eigenvalue weighted by molar-refractivity contribution is 4.95. The Labute approximate surface area is 125 Å². The minimum Gasteiger partial charge on any atom is -0.380 e. The lowest BCUT2D eigenvalue weighted by Gasteiger charge is -2.47. The highest BCUT2D eigenvalue weighted by Gasteiger charge is 2.39. The van der Waals surface area contributed by atoms with Gasteiger partial charge in [0.25, 0.3) is 0 Å². The molecule has 1 aliphatic carbocycles. The third-order valence-corrected chi connectivity index (χ3v) is 5.51. The molecule has 1 N–H and O–H groups in total. The van der Waals surface area contributed by atoms with Gasteiger partial charge in [-0.25, -0.2) is 0 Å². The number of nitrogens with zero attached hydrogens (tertiary/aromatic N) is 1. The molecule has 0 aromatic carbocycles. The normalized spacial score (nSPS) is 35.7. The van der Waals surface area contributed by atoms with E-state index in [1.54, 1.807) is 0 Å². The molecule has 20 heavy (non-hydrogen) atoms. The molecule has 0 aromatic heterocycles. The number of hydrogen-bond donors (Lipinski definition) is 1. The highest BCUT2D eigenvalue weighted by atomic mass is 16.5. The van der Waals surface area contributed by atoms with Gasteiger partial charge in [0.1, 0.15) is 0 Å². The number of likely N-dealkylation sites (N-methyl/N-ethyl adjacent to an activating group) is 2. The van der Waals surface area contributed by atoms with Gasteiger partial charge in [-0.15, -0.1) is 0 Å². The summed E-state index contributed by atoms with van der Waals surface area (Å²) in [6, 6.07) is 1.95. The Morgan fingerprint density at radius 3 is 2.50 bits per heavy atom. The third-order valence-electron chi connectivity index (χ3n) is 5.51. The standard InChI is InChI=1S/C17H34N2O/c1-6-18-15-8-7-13(17(2,3)4)11-16(15)19(5)14-9-10-20-12-14/h13-16,18H,6-12H2,1-5H3. The molecule has 0 aromatic rings. The summed E-state index contributed by atoms with van der Waals surface area (Å²) in [6.45, 7) is 12.4. The summed E-state index contributed by atoms with van der Waals surface area (Å²) >= 11 is 0. The maximum absolute atomic E-state index is 5.60. The molecule has 118 valence electrons. The fourth-order valence-electron chi connectivity index (χ4n) is 4.00. The molecule has 0 bridgehead atoms. The Bertz CT molecular complexity index is 294. The van der Waals surface area contributed by atoms with Crippen molar-refractivity contribution < 1.29 is 4.74 Å². The molecule has 2 aliphatic rings. The molecule has 2 fully saturated rings. The van der Waals surface area contributed by atoms with E-state index in [0.717, 1.165) is 25.7 Å². The Kier molecular flexibility index (Phi) is 5.49. The highest BCUT2D eigenvalue weighted by Crippen LogP contribution is 2.39. The molecule has 0 radical (unpaired) electrons. The van der Waals surface area contributed by atoms with E-state index in [-0.39, 0.29) is 0 Å². The van der Waals surface area contributed by atoms with Crippen molar-refractivity contribution in [3.63, 3.8) is 0 Å². The molecule has 3 heteroatoms. The zero-order valence-electron chi connectivity index (χ0n) is 14.1. The Morgan fingerprint density at radius 2 is 1.95 bits per heavy atom. The molecule has 1 saturated heterocycles. The molecule has 1 aliphatic heterocycles.